The summed E-state index contributed by atoms with van der Waals surface area (Å²) in [6, 6.07) is 5.96. The minimum absolute atomic E-state index is 0.653. The van der Waals surface area contributed by atoms with Crippen LogP contribution in [0.15, 0.2) is 18.2 Å². The molecule has 90 valence electrons. The Morgan fingerprint density at radius 1 is 1.29 bits per heavy atom. The summed E-state index contributed by atoms with van der Waals surface area (Å²) in [5, 5.41) is 10.9. The lowest BCUT2D eigenvalue weighted by atomic mass is 10.2. The molecule has 5 heteroatoms. The van der Waals surface area contributed by atoms with E-state index in [1.165, 1.54) is 0 Å². The van der Waals surface area contributed by atoms with Crippen molar-refractivity contribution in [2.75, 3.05) is 5.88 Å². The van der Waals surface area contributed by atoms with Crippen molar-refractivity contribution in [1.29, 1.82) is 0 Å². The van der Waals surface area contributed by atoms with Gasteiger partial charge in [-0.2, -0.15) is 0 Å². The van der Waals surface area contributed by atoms with Gasteiger partial charge in [-0.3, -0.25) is 0 Å². The number of nitrogens with zero attached hydrogens (tertiary/aromatic N) is 2. The molecule has 2 aromatic rings. The second-order valence-electron chi connectivity index (χ2n) is 3.78. The van der Waals surface area contributed by atoms with Gasteiger partial charge in [-0.25, -0.2) is 0 Å². The molecule has 2 nitrogen and oxygen atoms in total. The van der Waals surface area contributed by atoms with Gasteiger partial charge in [0.25, 0.3) is 0 Å². The molecule has 0 aliphatic heterocycles. The van der Waals surface area contributed by atoms with Gasteiger partial charge in [0.1, 0.15) is 10.0 Å². The molecule has 0 aliphatic carbocycles. The van der Waals surface area contributed by atoms with Gasteiger partial charge in [-0.05, 0) is 25.0 Å². The molecule has 0 atom stereocenters. The van der Waals surface area contributed by atoms with Crippen LogP contribution in [0.25, 0.3) is 10.6 Å². The number of hydrogen-bond acceptors (Lipinski definition) is 3. The first-order valence-electron chi connectivity index (χ1n) is 5.35. The lowest BCUT2D eigenvalue weighted by molar-refractivity contribution is 0.884. The SMILES string of the molecule is Cc1ccc(-c2nnc(CCCCl)s2)c(Cl)c1. The normalized spacial score (nSPS) is 10.8. The van der Waals surface area contributed by atoms with Gasteiger partial charge in [-0.1, -0.05) is 35.1 Å². The van der Waals surface area contributed by atoms with Crippen LogP contribution in [0.2, 0.25) is 5.02 Å². The molecule has 0 spiro atoms. The molecule has 0 amide bonds. The maximum atomic E-state index is 6.20. The predicted molar refractivity (Wildman–Crippen MR) is 74.1 cm³/mol. The Hall–Kier alpha value is -0.640. The smallest absolute Gasteiger partial charge is 0.143 e. The summed E-state index contributed by atoms with van der Waals surface area (Å²) in [5.41, 5.74) is 2.09. The van der Waals surface area contributed by atoms with E-state index in [2.05, 4.69) is 10.2 Å². The molecule has 0 N–H and O–H groups in total. The maximum absolute atomic E-state index is 6.20. The Morgan fingerprint density at radius 2 is 2.12 bits per heavy atom. The summed E-state index contributed by atoms with van der Waals surface area (Å²) in [6.07, 6.45) is 1.81. The van der Waals surface area contributed by atoms with E-state index in [1.807, 2.05) is 25.1 Å². The van der Waals surface area contributed by atoms with Gasteiger partial charge < -0.3 is 0 Å². The summed E-state index contributed by atoms with van der Waals surface area (Å²) >= 11 is 13.4. The van der Waals surface area contributed by atoms with Crippen LogP contribution in [0.1, 0.15) is 17.0 Å². The number of aryl methyl sites for hydroxylation is 2. The summed E-state index contributed by atoms with van der Waals surface area (Å²) in [4.78, 5) is 0. The third-order valence-corrected chi connectivity index (χ3v) is 3.94. The maximum Gasteiger partial charge on any atom is 0.149 e. The highest BCUT2D eigenvalue weighted by Crippen LogP contribution is 2.31. The predicted octanol–water partition coefficient (Wildman–Crippen LogP) is 4.34. The number of aromatic nitrogens is 2. The van der Waals surface area contributed by atoms with Crippen molar-refractivity contribution >= 4 is 34.5 Å². The van der Waals surface area contributed by atoms with E-state index in [4.69, 9.17) is 23.2 Å². The molecule has 0 saturated heterocycles. The molecule has 2 rings (SSSR count). The van der Waals surface area contributed by atoms with Crippen molar-refractivity contribution in [3.05, 3.63) is 33.8 Å². The molecule has 0 unspecified atom stereocenters. The van der Waals surface area contributed by atoms with Gasteiger partial charge in [0, 0.05) is 17.9 Å². The molecule has 0 bridgehead atoms. The van der Waals surface area contributed by atoms with Crippen LogP contribution in [0.3, 0.4) is 0 Å². The zero-order chi connectivity index (χ0) is 12.3. The molecular weight excluding hydrogens is 275 g/mol. The highest BCUT2D eigenvalue weighted by molar-refractivity contribution is 7.14. The Balaban J connectivity index is 2.24. The lowest BCUT2D eigenvalue weighted by Gasteiger charge is -2.00. The van der Waals surface area contributed by atoms with E-state index in [1.54, 1.807) is 11.3 Å². The molecule has 0 saturated carbocycles. The van der Waals surface area contributed by atoms with Crippen molar-refractivity contribution in [3.63, 3.8) is 0 Å². The zero-order valence-corrected chi connectivity index (χ0v) is 11.7. The fourth-order valence-corrected chi connectivity index (χ4v) is 2.91. The van der Waals surface area contributed by atoms with Crippen molar-refractivity contribution in [1.82, 2.24) is 10.2 Å². The van der Waals surface area contributed by atoms with E-state index in [-0.39, 0.29) is 0 Å². The highest BCUT2D eigenvalue weighted by atomic mass is 35.5. The average molecular weight is 287 g/mol. The van der Waals surface area contributed by atoms with Gasteiger partial charge in [-0.15, -0.1) is 21.8 Å². The first-order chi connectivity index (χ1) is 8.20. The summed E-state index contributed by atoms with van der Waals surface area (Å²) in [7, 11) is 0. The van der Waals surface area contributed by atoms with Crippen molar-refractivity contribution < 1.29 is 0 Å². The van der Waals surface area contributed by atoms with Crippen LogP contribution in [-0.2, 0) is 6.42 Å². The monoisotopic (exact) mass is 286 g/mol. The Morgan fingerprint density at radius 3 is 2.82 bits per heavy atom. The van der Waals surface area contributed by atoms with E-state index in [0.29, 0.717) is 5.88 Å². The van der Waals surface area contributed by atoms with E-state index in [0.717, 1.165) is 39.0 Å². The first kappa shape index (κ1) is 12.8. The summed E-state index contributed by atoms with van der Waals surface area (Å²) in [5.74, 6) is 0.653. The minimum atomic E-state index is 0.653. The van der Waals surface area contributed by atoms with E-state index >= 15 is 0 Å². The fraction of sp³-hybridized carbons (Fsp3) is 0.333. The van der Waals surface area contributed by atoms with Crippen LogP contribution in [0.5, 0.6) is 0 Å². The molecule has 17 heavy (non-hydrogen) atoms. The van der Waals surface area contributed by atoms with Crippen LogP contribution in [0.4, 0.5) is 0 Å². The van der Waals surface area contributed by atoms with Crippen molar-refractivity contribution in [2.45, 2.75) is 19.8 Å². The first-order valence-corrected chi connectivity index (χ1v) is 7.08. The molecule has 1 heterocycles. The molecule has 1 aromatic heterocycles. The largest absolute Gasteiger partial charge is 0.149 e. The average Bonchev–Trinajstić information content (AvgIpc) is 2.75. The fourth-order valence-electron chi connectivity index (χ4n) is 1.48. The van der Waals surface area contributed by atoms with Crippen LogP contribution < -0.4 is 0 Å². The molecule has 0 radical (unpaired) electrons. The third-order valence-electron chi connectivity index (χ3n) is 2.35. The Labute approximate surface area is 115 Å². The van der Waals surface area contributed by atoms with Gasteiger partial charge in [0.05, 0.1) is 5.02 Å². The molecular formula is C12H12Cl2N2S. The van der Waals surface area contributed by atoms with Gasteiger partial charge in [0.15, 0.2) is 0 Å². The van der Waals surface area contributed by atoms with Crippen LogP contribution >= 0.6 is 34.5 Å². The second kappa shape index (κ2) is 5.80. The second-order valence-corrected chi connectivity index (χ2v) is 5.62. The molecule has 0 fully saturated rings. The van der Waals surface area contributed by atoms with Gasteiger partial charge >= 0.3 is 0 Å². The van der Waals surface area contributed by atoms with Crippen molar-refractivity contribution in [2.24, 2.45) is 0 Å². The van der Waals surface area contributed by atoms with E-state index in [9.17, 15) is 0 Å². The highest BCUT2D eigenvalue weighted by Gasteiger charge is 2.09. The molecule has 0 aliphatic rings. The summed E-state index contributed by atoms with van der Waals surface area (Å²) in [6.45, 7) is 2.02. The van der Waals surface area contributed by atoms with Crippen LogP contribution in [0, 0.1) is 6.92 Å². The molecule has 1 aromatic carbocycles. The number of alkyl halides is 1. The Bertz CT molecular complexity index is 511. The minimum Gasteiger partial charge on any atom is -0.143 e. The van der Waals surface area contributed by atoms with E-state index < -0.39 is 0 Å². The Kier molecular flexibility index (Phi) is 4.37. The number of halogens is 2. The standard InChI is InChI=1S/C12H12Cl2N2S/c1-8-4-5-9(10(14)7-8)12-16-15-11(17-12)3-2-6-13/h4-5,7H,2-3,6H2,1H3. The van der Waals surface area contributed by atoms with Crippen LogP contribution in [-0.4, -0.2) is 16.1 Å². The topological polar surface area (TPSA) is 25.8 Å². The summed E-state index contributed by atoms with van der Waals surface area (Å²) < 4.78 is 0. The number of hydrogen-bond donors (Lipinski definition) is 0. The number of rotatable bonds is 4. The number of benzene rings is 1. The third kappa shape index (κ3) is 3.18. The van der Waals surface area contributed by atoms with Gasteiger partial charge in [0.2, 0.25) is 0 Å². The zero-order valence-electron chi connectivity index (χ0n) is 9.41. The lowest BCUT2D eigenvalue weighted by Crippen LogP contribution is -1.84. The van der Waals surface area contributed by atoms with Crippen molar-refractivity contribution in [3.8, 4) is 10.6 Å². The quantitative estimate of drug-likeness (QED) is 0.782.